The lowest BCUT2D eigenvalue weighted by Crippen LogP contribution is -2.46. The fraction of sp³-hybridized carbons (Fsp3) is 0.176. The molecule has 2 aromatic rings. The van der Waals surface area contributed by atoms with Gasteiger partial charge in [-0.3, -0.25) is 9.59 Å². The molecule has 21 heavy (non-hydrogen) atoms. The molecule has 1 atom stereocenters. The van der Waals surface area contributed by atoms with Crippen LogP contribution in [0.3, 0.4) is 0 Å². The summed E-state index contributed by atoms with van der Waals surface area (Å²) < 4.78 is 0. The minimum atomic E-state index is -0.976. The molecule has 0 aromatic heterocycles. The molecule has 1 unspecified atom stereocenters. The standard InChI is InChI=1S/C17H14N2O2/c1-10-6-7-13-11(8-10)15(20)9-17(19-13)12-4-2-3-5-14(12)18-16(17)21/h2-8,19H,9H2,1H3,(H,18,21). The van der Waals surface area contributed by atoms with E-state index < -0.39 is 5.54 Å². The highest BCUT2D eigenvalue weighted by Crippen LogP contribution is 2.45. The van der Waals surface area contributed by atoms with E-state index in [2.05, 4.69) is 10.6 Å². The second-order valence-electron chi connectivity index (χ2n) is 5.68. The maximum atomic E-state index is 12.5. The molecule has 0 saturated heterocycles. The predicted octanol–water partition coefficient (Wildman–Crippen LogP) is 2.84. The van der Waals surface area contributed by atoms with Crippen molar-refractivity contribution in [3.8, 4) is 0 Å². The van der Waals surface area contributed by atoms with Crippen molar-refractivity contribution in [3.63, 3.8) is 0 Å². The zero-order chi connectivity index (χ0) is 14.6. The average molecular weight is 278 g/mol. The molecule has 2 aromatic carbocycles. The Bertz CT molecular complexity index is 797. The molecule has 2 aliphatic heterocycles. The number of nitrogens with one attached hydrogen (secondary N) is 2. The first-order chi connectivity index (χ1) is 10.1. The number of Topliss-reactive ketones (excluding diaryl/α,β-unsaturated/α-hetero) is 1. The quantitative estimate of drug-likeness (QED) is 0.779. The molecule has 4 rings (SSSR count). The first-order valence-electron chi connectivity index (χ1n) is 6.93. The van der Waals surface area contributed by atoms with Gasteiger partial charge in [0, 0.05) is 28.9 Å². The first kappa shape index (κ1) is 12.1. The van der Waals surface area contributed by atoms with Gasteiger partial charge in [0.1, 0.15) is 0 Å². The third-order valence-corrected chi connectivity index (χ3v) is 4.27. The van der Waals surface area contributed by atoms with Gasteiger partial charge in [-0.15, -0.1) is 0 Å². The van der Waals surface area contributed by atoms with Crippen LogP contribution in [0.25, 0.3) is 0 Å². The minimum absolute atomic E-state index is 0.000645. The fourth-order valence-electron chi connectivity index (χ4n) is 3.22. The molecule has 1 amide bonds. The van der Waals surface area contributed by atoms with E-state index in [1.54, 1.807) is 0 Å². The molecule has 4 nitrogen and oxygen atoms in total. The molecule has 4 heteroatoms. The van der Waals surface area contributed by atoms with E-state index in [0.29, 0.717) is 5.56 Å². The number of benzene rings is 2. The third-order valence-electron chi connectivity index (χ3n) is 4.27. The van der Waals surface area contributed by atoms with Crippen LogP contribution in [0.5, 0.6) is 0 Å². The monoisotopic (exact) mass is 278 g/mol. The molecular formula is C17H14N2O2. The summed E-state index contributed by atoms with van der Waals surface area (Å²) in [5.74, 6) is -0.164. The summed E-state index contributed by atoms with van der Waals surface area (Å²) in [4.78, 5) is 25.0. The molecule has 0 bridgehead atoms. The lowest BCUT2D eigenvalue weighted by atomic mass is 9.80. The summed E-state index contributed by atoms with van der Waals surface area (Å²) in [6, 6.07) is 13.2. The normalized spacial score (nSPS) is 22.5. The maximum absolute atomic E-state index is 12.5. The Morgan fingerprint density at radius 1 is 1.05 bits per heavy atom. The van der Waals surface area contributed by atoms with Crippen LogP contribution in [0.2, 0.25) is 0 Å². The molecule has 1 spiro atoms. The van der Waals surface area contributed by atoms with E-state index in [4.69, 9.17) is 0 Å². The Balaban J connectivity index is 1.90. The Labute approximate surface area is 122 Å². The molecule has 0 aliphatic carbocycles. The Kier molecular flexibility index (Phi) is 2.28. The number of rotatable bonds is 0. The topological polar surface area (TPSA) is 58.2 Å². The van der Waals surface area contributed by atoms with Crippen LogP contribution in [0.1, 0.15) is 27.9 Å². The molecule has 104 valence electrons. The zero-order valence-corrected chi connectivity index (χ0v) is 11.6. The Morgan fingerprint density at radius 2 is 1.86 bits per heavy atom. The highest BCUT2D eigenvalue weighted by Gasteiger charge is 2.50. The number of carbonyl (C=O) groups excluding carboxylic acids is 2. The number of ketones is 1. The first-order valence-corrected chi connectivity index (χ1v) is 6.93. The Hall–Kier alpha value is -2.62. The van der Waals surface area contributed by atoms with Crippen LogP contribution < -0.4 is 10.6 Å². The maximum Gasteiger partial charge on any atom is 0.255 e. The van der Waals surface area contributed by atoms with Crippen LogP contribution >= 0.6 is 0 Å². The molecular weight excluding hydrogens is 264 g/mol. The number of anilines is 2. The van der Waals surface area contributed by atoms with E-state index in [1.165, 1.54) is 0 Å². The van der Waals surface area contributed by atoms with Gasteiger partial charge >= 0.3 is 0 Å². The van der Waals surface area contributed by atoms with Crippen LogP contribution in [-0.4, -0.2) is 11.7 Å². The number of amides is 1. The second kappa shape index (κ2) is 3.95. The van der Waals surface area contributed by atoms with Crippen LogP contribution in [-0.2, 0) is 10.3 Å². The number of para-hydroxylation sites is 1. The van der Waals surface area contributed by atoms with Crippen molar-refractivity contribution in [1.82, 2.24) is 0 Å². The largest absolute Gasteiger partial charge is 0.367 e. The van der Waals surface area contributed by atoms with Crippen molar-refractivity contribution in [2.45, 2.75) is 18.9 Å². The molecule has 2 aliphatic rings. The molecule has 0 fully saturated rings. The highest BCUT2D eigenvalue weighted by atomic mass is 16.2. The fourth-order valence-corrected chi connectivity index (χ4v) is 3.22. The van der Waals surface area contributed by atoms with E-state index in [0.717, 1.165) is 22.5 Å². The van der Waals surface area contributed by atoms with Gasteiger partial charge in [0.25, 0.3) is 5.91 Å². The van der Waals surface area contributed by atoms with Crippen molar-refractivity contribution in [3.05, 3.63) is 59.2 Å². The summed E-state index contributed by atoms with van der Waals surface area (Å²) in [5.41, 5.74) is 3.07. The van der Waals surface area contributed by atoms with E-state index >= 15 is 0 Å². The van der Waals surface area contributed by atoms with E-state index in [-0.39, 0.29) is 18.1 Å². The van der Waals surface area contributed by atoms with Gasteiger partial charge in [0.2, 0.25) is 0 Å². The van der Waals surface area contributed by atoms with Crippen molar-refractivity contribution in [2.75, 3.05) is 10.6 Å². The number of aryl methyl sites for hydroxylation is 1. The van der Waals surface area contributed by atoms with Crippen molar-refractivity contribution >= 4 is 23.1 Å². The van der Waals surface area contributed by atoms with Crippen molar-refractivity contribution in [2.24, 2.45) is 0 Å². The smallest absolute Gasteiger partial charge is 0.255 e. The average Bonchev–Trinajstić information content (AvgIpc) is 2.73. The summed E-state index contributed by atoms with van der Waals surface area (Å²) in [7, 11) is 0. The summed E-state index contributed by atoms with van der Waals surface area (Å²) in [6.45, 7) is 1.95. The minimum Gasteiger partial charge on any atom is -0.367 e. The lowest BCUT2D eigenvalue weighted by Gasteiger charge is -2.34. The molecule has 2 heterocycles. The molecule has 0 saturated carbocycles. The van der Waals surface area contributed by atoms with Gasteiger partial charge < -0.3 is 10.6 Å². The summed E-state index contributed by atoms with van der Waals surface area (Å²) in [6.07, 6.45) is 0.145. The second-order valence-corrected chi connectivity index (χ2v) is 5.68. The van der Waals surface area contributed by atoms with Crippen molar-refractivity contribution < 1.29 is 9.59 Å². The van der Waals surface area contributed by atoms with Crippen molar-refractivity contribution in [1.29, 1.82) is 0 Å². The Morgan fingerprint density at radius 3 is 2.71 bits per heavy atom. The lowest BCUT2D eigenvalue weighted by molar-refractivity contribution is -0.120. The van der Waals surface area contributed by atoms with Gasteiger partial charge in [-0.1, -0.05) is 29.8 Å². The van der Waals surface area contributed by atoms with Gasteiger partial charge in [0.05, 0.1) is 0 Å². The number of fused-ring (bicyclic) bond motifs is 3. The van der Waals surface area contributed by atoms with Gasteiger partial charge in [-0.25, -0.2) is 0 Å². The molecule has 2 N–H and O–H groups in total. The van der Waals surface area contributed by atoms with Crippen LogP contribution in [0, 0.1) is 6.92 Å². The van der Waals surface area contributed by atoms with E-state index in [9.17, 15) is 9.59 Å². The van der Waals surface area contributed by atoms with Crippen LogP contribution in [0.15, 0.2) is 42.5 Å². The number of hydrogen-bond acceptors (Lipinski definition) is 3. The summed E-state index contributed by atoms with van der Waals surface area (Å²) >= 11 is 0. The van der Waals surface area contributed by atoms with E-state index in [1.807, 2.05) is 49.4 Å². The number of hydrogen-bond donors (Lipinski definition) is 2. The molecule has 0 radical (unpaired) electrons. The number of carbonyl (C=O) groups is 2. The SMILES string of the molecule is Cc1ccc2c(c1)C(=O)CC1(N2)C(=O)Nc2ccccc21. The highest BCUT2D eigenvalue weighted by molar-refractivity contribution is 6.15. The zero-order valence-electron chi connectivity index (χ0n) is 11.6. The van der Waals surface area contributed by atoms with Gasteiger partial charge in [-0.2, -0.15) is 0 Å². The third kappa shape index (κ3) is 1.56. The summed E-state index contributed by atoms with van der Waals surface area (Å²) in [5, 5.41) is 6.17. The van der Waals surface area contributed by atoms with Gasteiger partial charge in [-0.05, 0) is 25.1 Å². The van der Waals surface area contributed by atoms with Gasteiger partial charge in [0.15, 0.2) is 11.3 Å². The predicted molar refractivity (Wildman–Crippen MR) is 80.5 cm³/mol. The van der Waals surface area contributed by atoms with Crippen LogP contribution in [0.4, 0.5) is 11.4 Å².